The van der Waals surface area contributed by atoms with Crippen LogP contribution in [0.1, 0.15) is 51.4 Å². The van der Waals surface area contributed by atoms with E-state index in [4.69, 9.17) is 0 Å². The molecule has 0 bridgehead atoms. The molecule has 5 heteroatoms. The molecule has 0 aliphatic heterocycles. The summed E-state index contributed by atoms with van der Waals surface area (Å²) in [5.74, 6) is -1.98. The van der Waals surface area contributed by atoms with Crippen LogP contribution in [0, 0.1) is 11.8 Å². The van der Waals surface area contributed by atoms with Crippen LogP contribution in [0.25, 0.3) is 0 Å². The number of aliphatic carboxylic acids is 2. The van der Waals surface area contributed by atoms with E-state index in [1.54, 1.807) is 0 Å². The number of carbonyl (C=O) groups excluding carboxylic acids is 2. The molecule has 0 amide bonds. The van der Waals surface area contributed by atoms with Crippen molar-refractivity contribution in [1.82, 2.24) is 0 Å². The molecular weight excluding hydrogens is 267 g/mol. The molecule has 2 saturated carbocycles. The Kier molecular flexibility index (Phi) is 8.25. The van der Waals surface area contributed by atoms with Gasteiger partial charge in [-0.05, 0) is 37.5 Å². The monoisotopic (exact) mass is 285 g/mol. The van der Waals surface area contributed by atoms with E-state index < -0.39 is 11.9 Å². The predicted molar refractivity (Wildman–Crippen MR) is 53.9 cm³/mol. The minimum atomic E-state index is -0.859. The van der Waals surface area contributed by atoms with Gasteiger partial charge < -0.3 is 19.8 Å². The van der Waals surface area contributed by atoms with Crippen molar-refractivity contribution >= 4 is 11.9 Å². The Morgan fingerprint density at radius 1 is 0.706 bits per heavy atom. The maximum atomic E-state index is 10.1. The molecular formula is C12H18CoO4. The van der Waals surface area contributed by atoms with Gasteiger partial charge in [0, 0.05) is 11.9 Å². The Bertz CT molecular complexity index is 217. The fraction of sp³-hybridized carbons (Fsp3) is 0.833. The average Bonchev–Trinajstić information content (AvgIpc) is 2.93. The Morgan fingerprint density at radius 3 is 1.06 bits per heavy atom. The van der Waals surface area contributed by atoms with Gasteiger partial charge in [-0.15, -0.1) is 0 Å². The summed E-state index contributed by atoms with van der Waals surface area (Å²) in [6.45, 7) is 0. The molecule has 17 heavy (non-hydrogen) atoms. The van der Waals surface area contributed by atoms with E-state index in [1.165, 1.54) is 0 Å². The fourth-order valence-corrected chi connectivity index (χ4v) is 2.32. The molecule has 2 aliphatic rings. The molecule has 0 aromatic rings. The first-order chi connectivity index (χ1) is 7.61. The minimum Gasteiger partial charge on any atom is -0.550 e. The van der Waals surface area contributed by atoms with Crippen LogP contribution in [0.3, 0.4) is 0 Å². The van der Waals surface area contributed by atoms with Crippen LogP contribution in [0.5, 0.6) is 0 Å². The van der Waals surface area contributed by atoms with Gasteiger partial charge in [-0.25, -0.2) is 0 Å². The molecule has 0 atom stereocenters. The zero-order valence-electron chi connectivity index (χ0n) is 9.78. The minimum absolute atomic E-state index is 0. The maximum absolute atomic E-state index is 10.1. The molecule has 1 radical (unpaired) electrons. The number of hydrogen-bond acceptors (Lipinski definition) is 4. The van der Waals surface area contributed by atoms with Gasteiger partial charge in [0.05, 0.1) is 0 Å². The van der Waals surface area contributed by atoms with Crippen LogP contribution >= 0.6 is 0 Å². The molecule has 99 valence electrons. The van der Waals surface area contributed by atoms with Crippen molar-refractivity contribution in [2.45, 2.75) is 51.4 Å². The van der Waals surface area contributed by atoms with Crippen molar-refractivity contribution in [1.29, 1.82) is 0 Å². The van der Waals surface area contributed by atoms with Crippen LogP contribution in [0.2, 0.25) is 0 Å². The molecule has 2 aliphatic carbocycles. The van der Waals surface area contributed by atoms with Gasteiger partial charge in [0.25, 0.3) is 0 Å². The van der Waals surface area contributed by atoms with Gasteiger partial charge in [-0.2, -0.15) is 0 Å². The van der Waals surface area contributed by atoms with Gasteiger partial charge in [0.2, 0.25) is 0 Å². The number of carboxylic acids is 2. The van der Waals surface area contributed by atoms with Crippen molar-refractivity contribution in [3.05, 3.63) is 0 Å². The Morgan fingerprint density at radius 2 is 0.941 bits per heavy atom. The largest absolute Gasteiger partial charge is 2.00 e. The molecule has 0 saturated heterocycles. The smallest absolute Gasteiger partial charge is 0.550 e. The van der Waals surface area contributed by atoms with Crippen LogP contribution in [0.4, 0.5) is 0 Å². The van der Waals surface area contributed by atoms with E-state index in [9.17, 15) is 19.8 Å². The van der Waals surface area contributed by atoms with E-state index in [-0.39, 0.29) is 28.6 Å². The standard InChI is InChI=1S/2C6H10O2.Co/c2*7-6(8)5-3-1-2-4-5;/h2*5H,1-4H2,(H,7,8);/q;;+2/p-2. The third-order valence-electron chi connectivity index (χ3n) is 3.38. The van der Waals surface area contributed by atoms with Gasteiger partial charge in [-0.3, -0.25) is 0 Å². The Balaban J connectivity index is 0.000000284. The van der Waals surface area contributed by atoms with Crippen LogP contribution in [0.15, 0.2) is 0 Å². The summed E-state index contributed by atoms with van der Waals surface area (Å²) in [7, 11) is 0. The number of carbonyl (C=O) groups is 2. The van der Waals surface area contributed by atoms with Crippen molar-refractivity contribution in [2.75, 3.05) is 0 Å². The van der Waals surface area contributed by atoms with Crippen LogP contribution < -0.4 is 10.2 Å². The van der Waals surface area contributed by atoms with Crippen molar-refractivity contribution in [3.8, 4) is 0 Å². The summed E-state index contributed by atoms with van der Waals surface area (Å²) in [5.41, 5.74) is 0. The zero-order valence-corrected chi connectivity index (χ0v) is 10.8. The second-order valence-electron chi connectivity index (χ2n) is 4.60. The summed E-state index contributed by atoms with van der Waals surface area (Å²) in [6.07, 6.45) is 7.61. The molecule has 2 fully saturated rings. The Hall–Kier alpha value is -0.554. The molecule has 0 spiro atoms. The molecule has 0 heterocycles. The van der Waals surface area contributed by atoms with E-state index in [0.717, 1.165) is 51.4 Å². The van der Waals surface area contributed by atoms with Crippen LogP contribution in [-0.2, 0) is 26.4 Å². The summed E-state index contributed by atoms with van der Waals surface area (Å²) >= 11 is 0. The van der Waals surface area contributed by atoms with Gasteiger partial charge in [0.1, 0.15) is 0 Å². The topological polar surface area (TPSA) is 80.3 Å². The summed E-state index contributed by atoms with van der Waals surface area (Å²) < 4.78 is 0. The average molecular weight is 285 g/mol. The number of hydrogen-bond donors (Lipinski definition) is 0. The molecule has 0 aromatic heterocycles. The summed E-state index contributed by atoms with van der Waals surface area (Å²) in [5, 5.41) is 20.2. The van der Waals surface area contributed by atoms with Gasteiger partial charge in [0.15, 0.2) is 0 Å². The van der Waals surface area contributed by atoms with E-state index in [2.05, 4.69) is 0 Å². The van der Waals surface area contributed by atoms with Crippen molar-refractivity contribution < 1.29 is 36.6 Å². The van der Waals surface area contributed by atoms with Crippen molar-refractivity contribution in [3.63, 3.8) is 0 Å². The zero-order chi connectivity index (χ0) is 12.0. The Labute approximate surface area is 112 Å². The number of carboxylic acid groups (broad SMARTS) is 2. The number of rotatable bonds is 2. The quantitative estimate of drug-likeness (QED) is 0.706. The fourth-order valence-electron chi connectivity index (χ4n) is 2.32. The van der Waals surface area contributed by atoms with Gasteiger partial charge in [-0.1, -0.05) is 25.7 Å². The summed E-state index contributed by atoms with van der Waals surface area (Å²) in [6, 6.07) is 0. The van der Waals surface area contributed by atoms with Crippen molar-refractivity contribution in [2.24, 2.45) is 11.8 Å². The normalized spacial score (nSPS) is 20.2. The first-order valence-electron chi connectivity index (χ1n) is 6.03. The molecule has 0 aromatic carbocycles. The first kappa shape index (κ1) is 16.4. The molecule has 0 unspecified atom stereocenters. The molecule has 2 rings (SSSR count). The predicted octanol–water partition coefficient (Wildman–Crippen LogP) is -0.150. The van der Waals surface area contributed by atoms with E-state index in [0.29, 0.717) is 0 Å². The van der Waals surface area contributed by atoms with Crippen LogP contribution in [-0.4, -0.2) is 11.9 Å². The SMILES string of the molecule is O=C([O-])C1CCCC1.O=C([O-])C1CCCC1.[Co+2]. The molecule has 4 nitrogen and oxygen atoms in total. The first-order valence-corrected chi connectivity index (χ1v) is 6.03. The third kappa shape index (κ3) is 6.07. The third-order valence-corrected chi connectivity index (χ3v) is 3.38. The van der Waals surface area contributed by atoms with E-state index >= 15 is 0 Å². The second-order valence-corrected chi connectivity index (χ2v) is 4.60. The molecule has 0 N–H and O–H groups in total. The second kappa shape index (κ2) is 8.52. The van der Waals surface area contributed by atoms with Gasteiger partial charge >= 0.3 is 16.8 Å². The summed E-state index contributed by atoms with van der Waals surface area (Å²) in [4.78, 5) is 20.2. The van der Waals surface area contributed by atoms with E-state index in [1.807, 2.05) is 0 Å². The maximum Gasteiger partial charge on any atom is 2.00 e.